The lowest BCUT2D eigenvalue weighted by Gasteiger charge is -2.20. The van der Waals surface area contributed by atoms with Crippen molar-refractivity contribution in [2.45, 2.75) is 106 Å². The van der Waals surface area contributed by atoms with E-state index in [0.29, 0.717) is 109 Å². The Morgan fingerprint density at radius 1 is 0.295 bits per heavy atom. The molecule has 0 bridgehead atoms. The molecular weight excluding hydrogens is 1140 g/mol. The van der Waals surface area contributed by atoms with Gasteiger partial charge < -0.3 is 71.4 Å². The summed E-state index contributed by atoms with van der Waals surface area (Å²) in [5.41, 5.74) is 9.68. The van der Waals surface area contributed by atoms with Crippen molar-refractivity contribution >= 4 is 48.1 Å². The van der Waals surface area contributed by atoms with Gasteiger partial charge in [0.05, 0.1) is 121 Å². The molecule has 0 aliphatic heterocycles. The van der Waals surface area contributed by atoms with Gasteiger partial charge in [-0.1, -0.05) is 78.0 Å². The molecule has 0 atom stereocenters. The molecule has 0 amide bonds. The lowest BCUT2D eigenvalue weighted by molar-refractivity contribution is 0.0798. The number of alkyl halides is 1. The van der Waals surface area contributed by atoms with E-state index < -0.39 is 0 Å². The maximum Gasteiger partial charge on any atom is 0.127 e. The van der Waals surface area contributed by atoms with Crippen molar-refractivity contribution in [2.75, 3.05) is 95.5 Å². The number of aliphatic hydroxyl groups is 1. The predicted molar refractivity (Wildman–Crippen MR) is 353 cm³/mol. The van der Waals surface area contributed by atoms with Gasteiger partial charge in [-0.3, -0.25) is 0 Å². The van der Waals surface area contributed by atoms with Gasteiger partial charge in [-0.2, -0.15) is 0 Å². The number of hydrogen-bond donors (Lipinski definition) is 1. The number of ether oxygens (including phenoxy) is 14. The molecule has 16 heteroatoms. The van der Waals surface area contributed by atoms with Crippen LogP contribution < -0.4 is 56.8 Å². The zero-order valence-corrected chi connectivity index (χ0v) is 54.4. The fourth-order valence-corrected chi connectivity index (χ4v) is 9.65. The normalized spacial score (nSPS) is 11.4. The molecule has 0 saturated carbocycles. The molecule has 6 aromatic carbocycles. The molecular formula is C72H91ClO15. The average Bonchev–Trinajstić information content (AvgIpc) is 2.42. The molecule has 0 radical (unpaired) electrons. The first-order valence-electron chi connectivity index (χ1n) is 30.4. The molecule has 0 aliphatic rings. The fraction of sp³-hybridized carbons (Fsp3) is 0.417. The quantitative estimate of drug-likeness (QED) is 0.0221. The minimum Gasteiger partial charge on any atom is -0.496 e. The SMILES string of the molecule is CCCOc1cc(/C=C/c2cc(OCCC)c(/C=C/c3cc(OC)c(-c4cc(OCCC)c(COCCO)cc4OC)cc3OCCC)cc2OC)c(OC)cc1/C=C/c1cc(OC)c(COCc2cc(OCCC)c(CCl)cc2OC)cc1OCCC. The van der Waals surface area contributed by atoms with Gasteiger partial charge in [0.15, 0.2) is 0 Å². The van der Waals surface area contributed by atoms with Crippen LogP contribution in [0.25, 0.3) is 47.6 Å². The van der Waals surface area contributed by atoms with E-state index in [2.05, 4.69) is 41.5 Å². The molecule has 0 spiro atoms. The van der Waals surface area contributed by atoms with E-state index in [-0.39, 0.29) is 33.0 Å². The summed E-state index contributed by atoms with van der Waals surface area (Å²) in [6.07, 6.45) is 16.9. The number of rotatable bonds is 40. The third-order valence-electron chi connectivity index (χ3n) is 13.9. The van der Waals surface area contributed by atoms with Gasteiger partial charge in [0.2, 0.25) is 0 Å². The zero-order valence-electron chi connectivity index (χ0n) is 53.7. The largest absolute Gasteiger partial charge is 0.496 e. The van der Waals surface area contributed by atoms with Crippen LogP contribution in [0.5, 0.6) is 69.0 Å². The molecule has 6 rings (SSSR count). The highest BCUT2D eigenvalue weighted by Gasteiger charge is 2.22. The van der Waals surface area contributed by atoms with Crippen molar-refractivity contribution in [3.05, 3.63) is 128 Å². The van der Waals surface area contributed by atoms with Crippen molar-refractivity contribution in [1.29, 1.82) is 0 Å². The Labute approximate surface area is 526 Å². The standard InChI is InChI=1S/C72H91ClO15/c1-13-26-83-65-36-49(61(75-7)33-51(65)21-22-53-35-63(77-9)56(40-67(53)85-28-15-3)47-82-48-57-41-68(86-29-16-4)55(45-73)39-64(57)78-10)19-20-50-37-66(84-27-14-2)52(34-62(50)76-8)23-24-54-38-71(79-11)59(43-69(54)87-30-17-5)60-44-70(88-31-18-6)58(42-72(60)80-12)46-81-32-25-74/h19-24,33-44,74H,13-18,25-32,45-48H2,1-12H3/b20-19+,22-21+,24-23+. The summed E-state index contributed by atoms with van der Waals surface area (Å²) in [5, 5.41) is 9.38. The summed E-state index contributed by atoms with van der Waals surface area (Å²) >= 11 is 6.27. The summed E-state index contributed by atoms with van der Waals surface area (Å²) in [5.74, 6) is 8.18. The fourth-order valence-electron chi connectivity index (χ4n) is 9.44. The second-order valence-electron chi connectivity index (χ2n) is 20.5. The Morgan fingerprint density at radius 2 is 0.557 bits per heavy atom. The van der Waals surface area contributed by atoms with E-state index in [1.54, 1.807) is 42.7 Å². The van der Waals surface area contributed by atoms with Gasteiger partial charge >= 0.3 is 0 Å². The van der Waals surface area contributed by atoms with Gasteiger partial charge in [-0.15, -0.1) is 11.6 Å². The molecule has 0 heterocycles. The summed E-state index contributed by atoms with van der Waals surface area (Å²) in [6, 6.07) is 23.5. The second-order valence-corrected chi connectivity index (χ2v) is 20.7. The number of hydrogen-bond acceptors (Lipinski definition) is 15. The van der Waals surface area contributed by atoms with Crippen LogP contribution in [0.3, 0.4) is 0 Å². The van der Waals surface area contributed by atoms with E-state index in [9.17, 15) is 5.11 Å². The molecule has 476 valence electrons. The van der Waals surface area contributed by atoms with Crippen molar-refractivity contribution in [2.24, 2.45) is 0 Å². The molecule has 0 saturated heterocycles. The highest BCUT2D eigenvalue weighted by Crippen LogP contribution is 2.45. The molecule has 0 unspecified atom stereocenters. The Hall–Kier alpha value is -7.69. The van der Waals surface area contributed by atoms with Crippen LogP contribution in [-0.4, -0.2) is 101 Å². The predicted octanol–water partition coefficient (Wildman–Crippen LogP) is 16.6. The minimum absolute atomic E-state index is 0.0834. The van der Waals surface area contributed by atoms with Crippen molar-refractivity contribution in [3.8, 4) is 80.1 Å². The summed E-state index contributed by atoms with van der Waals surface area (Å²) in [7, 11) is 9.87. The topological polar surface area (TPSA) is 149 Å². The second kappa shape index (κ2) is 37.2. The molecule has 0 aromatic heterocycles. The average molecular weight is 1230 g/mol. The van der Waals surface area contributed by atoms with E-state index in [1.165, 1.54) is 0 Å². The van der Waals surface area contributed by atoms with Crippen molar-refractivity contribution < 1.29 is 71.4 Å². The Balaban J connectivity index is 1.33. The molecule has 6 aromatic rings. The smallest absolute Gasteiger partial charge is 0.127 e. The van der Waals surface area contributed by atoms with Gasteiger partial charge in [-0.25, -0.2) is 0 Å². The molecule has 1 N–H and O–H groups in total. The monoisotopic (exact) mass is 1230 g/mol. The highest BCUT2D eigenvalue weighted by molar-refractivity contribution is 6.17. The first-order chi connectivity index (χ1) is 43.0. The summed E-state index contributed by atoms with van der Waals surface area (Å²) in [4.78, 5) is 0. The van der Waals surface area contributed by atoms with Crippen LogP contribution in [-0.2, 0) is 35.2 Å². The Kier molecular flexibility index (Phi) is 29.4. The van der Waals surface area contributed by atoms with Crippen LogP contribution in [0.2, 0.25) is 0 Å². The third kappa shape index (κ3) is 19.2. The van der Waals surface area contributed by atoms with Gasteiger partial charge in [0.25, 0.3) is 0 Å². The zero-order chi connectivity index (χ0) is 63.2. The maximum atomic E-state index is 9.38. The minimum atomic E-state index is -0.0834. The van der Waals surface area contributed by atoms with Crippen LogP contribution in [0.15, 0.2) is 72.8 Å². The first kappa shape index (κ1) is 69.4. The number of methoxy groups -OCH3 is 6. The Bertz CT molecular complexity index is 3240. The Morgan fingerprint density at radius 3 is 0.955 bits per heavy atom. The first-order valence-corrected chi connectivity index (χ1v) is 31.0. The van der Waals surface area contributed by atoms with Crippen LogP contribution in [0.4, 0.5) is 0 Å². The molecule has 0 aliphatic carbocycles. The summed E-state index contributed by atoms with van der Waals surface area (Å²) in [6.45, 7) is 16.4. The summed E-state index contributed by atoms with van der Waals surface area (Å²) < 4.78 is 85.9. The van der Waals surface area contributed by atoms with Crippen LogP contribution in [0, 0.1) is 0 Å². The van der Waals surface area contributed by atoms with Gasteiger partial charge in [-0.05, 0) is 111 Å². The number of halogens is 1. The van der Waals surface area contributed by atoms with Crippen molar-refractivity contribution in [1.82, 2.24) is 0 Å². The van der Waals surface area contributed by atoms with Crippen LogP contribution >= 0.6 is 11.6 Å². The van der Waals surface area contributed by atoms with Crippen LogP contribution in [0.1, 0.15) is 136 Å². The van der Waals surface area contributed by atoms with E-state index in [0.717, 1.165) is 111 Å². The molecule has 0 fully saturated rings. The molecule has 15 nitrogen and oxygen atoms in total. The maximum absolute atomic E-state index is 9.38. The van der Waals surface area contributed by atoms with E-state index >= 15 is 0 Å². The van der Waals surface area contributed by atoms with Gasteiger partial charge in [0.1, 0.15) is 69.0 Å². The van der Waals surface area contributed by atoms with Crippen molar-refractivity contribution in [3.63, 3.8) is 0 Å². The number of benzene rings is 6. The van der Waals surface area contributed by atoms with E-state index in [1.807, 2.05) is 109 Å². The third-order valence-corrected chi connectivity index (χ3v) is 14.1. The number of aliphatic hydroxyl groups excluding tert-OH is 1. The van der Waals surface area contributed by atoms with E-state index in [4.69, 9.17) is 77.9 Å². The van der Waals surface area contributed by atoms with Gasteiger partial charge in [0, 0.05) is 66.8 Å². The molecule has 88 heavy (non-hydrogen) atoms. The lowest BCUT2D eigenvalue weighted by Crippen LogP contribution is -2.05. The lowest BCUT2D eigenvalue weighted by atomic mass is 9.98. The highest BCUT2D eigenvalue weighted by atomic mass is 35.5.